The molecule has 0 spiro atoms. The Hall–Kier alpha value is 0.0169. The molecule has 5 nitrogen and oxygen atoms in total. The average molecular weight is 264 g/mol. The zero-order valence-electron chi connectivity index (χ0n) is 11.4. The van der Waals surface area contributed by atoms with Gasteiger partial charge in [-0.2, -0.15) is 0 Å². The minimum atomic E-state index is -2.63. The Morgan fingerprint density at radius 1 is 1.24 bits per heavy atom. The summed E-state index contributed by atoms with van der Waals surface area (Å²) in [6, 6.07) is 0. The fraction of sp³-hybridized carbons (Fsp3) is 1.00. The monoisotopic (exact) mass is 264 g/mol. The van der Waals surface area contributed by atoms with Gasteiger partial charge in [-0.1, -0.05) is 6.92 Å². The molecule has 0 aliphatic carbocycles. The molecule has 1 saturated heterocycles. The van der Waals surface area contributed by atoms with E-state index < -0.39 is 8.80 Å². The molecular formula is C11H24O5Si. The van der Waals surface area contributed by atoms with Crippen LogP contribution in [0.15, 0.2) is 0 Å². The highest BCUT2D eigenvalue weighted by molar-refractivity contribution is 6.62. The van der Waals surface area contributed by atoms with E-state index in [1.54, 1.807) is 21.3 Å². The van der Waals surface area contributed by atoms with Crippen LogP contribution in [0.25, 0.3) is 0 Å². The van der Waals surface area contributed by atoms with E-state index in [9.17, 15) is 0 Å². The Morgan fingerprint density at radius 2 is 1.76 bits per heavy atom. The zero-order valence-corrected chi connectivity index (χ0v) is 12.4. The first-order chi connectivity index (χ1) is 8.13. The van der Waals surface area contributed by atoms with Crippen LogP contribution in [0.3, 0.4) is 0 Å². The molecule has 3 atom stereocenters. The zero-order chi connectivity index (χ0) is 12.9. The minimum Gasteiger partial charge on any atom is -0.377 e. The van der Waals surface area contributed by atoms with E-state index in [4.69, 9.17) is 22.8 Å². The summed E-state index contributed by atoms with van der Waals surface area (Å²) in [5, 5.41) is 0. The smallest absolute Gasteiger partial charge is 0.377 e. The maximum atomic E-state index is 5.80. The second-order valence-corrected chi connectivity index (χ2v) is 7.40. The molecule has 0 amide bonds. The van der Waals surface area contributed by atoms with Gasteiger partial charge in [-0.3, -0.25) is 0 Å². The van der Waals surface area contributed by atoms with Crippen molar-refractivity contribution < 1.29 is 22.8 Å². The van der Waals surface area contributed by atoms with Crippen LogP contribution in [0.5, 0.6) is 0 Å². The molecule has 0 aromatic heterocycles. The van der Waals surface area contributed by atoms with Crippen molar-refractivity contribution in [3.05, 3.63) is 0 Å². The number of hydrogen-bond donors (Lipinski definition) is 0. The summed E-state index contributed by atoms with van der Waals surface area (Å²) in [7, 11) is 2.29. The predicted molar refractivity (Wildman–Crippen MR) is 66.0 cm³/mol. The van der Waals surface area contributed by atoms with Crippen molar-refractivity contribution in [3.63, 3.8) is 0 Å². The van der Waals surface area contributed by atoms with Crippen molar-refractivity contribution >= 4 is 8.80 Å². The predicted octanol–water partition coefficient (Wildman–Crippen LogP) is 1.45. The molecule has 0 saturated carbocycles. The number of epoxide rings is 1. The normalized spacial score (nSPS) is 23.5. The first-order valence-corrected chi connectivity index (χ1v) is 7.82. The van der Waals surface area contributed by atoms with Gasteiger partial charge >= 0.3 is 8.80 Å². The number of hydrogen-bond acceptors (Lipinski definition) is 5. The topological polar surface area (TPSA) is 49.5 Å². The molecule has 0 N–H and O–H groups in total. The third kappa shape index (κ3) is 3.74. The van der Waals surface area contributed by atoms with Crippen molar-refractivity contribution in [3.8, 4) is 0 Å². The van der Waals surface area contributed by atoms with Crippen LogP contribution < -0.4 is 0 Å². The van der Waals surface area contributed by atoms with Gasteiger partial charge in [0, 0.05) is 21.3 Å². The van der Waals surface area contributed by atoms with E-state index in [2.05, 4.69) is 6.92 Å². The summed E-state index contributed by atoms with van der Waals surface area (Å²) in [6.45, 7) is 5.58. The Morgan fingerprint density at radius 3 is 2.12 bits per heavy atom. The lowest BCUT2D eigenvalue weighted by atomic mass is 10.2. The van der Waals surface area contributed by atoms with Gasteiger partial charge < -0.3 is 22.8 Å². The minimum absolute atomic E-state index is 0.0377. The fourth-order valence-corrected chi connectivity index (χ4v) is 4.69. The maximum absolute atomic E-state index is 5.80. The highest BCUT2D eigenvalue weighted by atomic mass is 28.4. The summed E-state index contributed by atoms with van der Waals surface area (Å²) >= 11 is 0. The molecule has 1 heterocycles. The largest absolute Gasteiger partial charge is 0.506 e. The molecule has 0 radical (unpaired) electrons. The Balaban J connectivity index is 2.58. The van der Waals surface area contributed by atoms with E-state index >= 15 is 0 Å². The summed E-state index contributed by atoms with van der Waals surface area (Å²) in [5.41, 5.74) is 0.140. The van der Waals surface area contributed by atoms with E-state index in [0.717, 1.165) is 13.0 Å². The maximum Gasteiger partial charge on any atom is 0.506 e. The second-order valence-electron chi connectivity index (χ2n) is 4.22. The molecule has 1 aliphatic rings. The van der Waals surface area contributed by atoms with Crippen molar-refractivity contribution in [1.82, 2.24) is 0 Å². The molecule has 1 fully saturated rings. The van der Waals surface area contributed by atoms with E-state index in [-0.39, 0.29) is 17.7 Å². The summed E-state index contributed by atoms with van der Waals surface area (Å²) < 4.78 is 27.5. The van der Waals surface area contributed by atoms with E-state index in [1.807, 2.05) is 6.92 Å². The average Bonchev–Trinajstić information content (AvgIpc) is 3.17. The Kier molecular flexibility index (Phi) is 6.05. The molecule has 1 aliphatic heterocycles. The third-order valence-corrected chi connectivity index (χ3v) is 6.75. The molecule has 17 heavy (non-hydrogen) atoms. The summed E-state index contributed by atoms with van der Waals surface area (Å²) in [6.07, 6.45) is 1.21. The van der Waals surface area contributed by atoms with Crippen LogP contribution in [-0.2, 0) is 22.8 Å². The highest BCUT2D eigenvalue weighted by Gasteiger charge is 2.49. The van der Waals surface area contributed by atoms with Crippen LogP contribution in [0.4, 0.5) is 0 Å². The lowest BCUT2D eigenvalue weighted by Gasteiger charge is -2.35. The lowest BCUT2D eigenvalue weighted by Crippen LogP contribution is -2.51. The number of ether oxygens (including phenoxy) is 2. The van der Waals surface area contributed by atoms with Crippen LogP contribution in [0.2, 0.25) is 5.54 Å². The van der Waals surface area contributed by atoms with Crippen molar-refractivity contribution in [2.24, 2.45) is 0 Å². The van der Waals surface area contributed by atoms with Gasteiger partial charge in [-0.15, -0.1) is 0 Å². The number of rotatable bonds is 9. The van der Waals surface area contributed by atoms with Crippen molar-refractivity contribution in [2.75, 3.05) is 34.5 Å². The van der Waals surface area contributed by atoms with Crippen LogP contribution >= 0.6 is 0 Å². The molecule has 1 rings (SSSR count). The van der Waals surface area contributed by atoms with E-state index in [0.29, 0.717) is 6.61 Å². The Labute approximate surface area is 105 Å². The first-order valence-electron chi connectivity index (χ1n) is 6.02. The molecule has 0 bridgehead atoms. The second kappa shape index (κ2) is 6.82. The van der Waals surface area contributed by atoms with E-state index in [1.165, 1.54) is 0 Å². The van der Waals surface area contributed by atoms with Gasteiger partial charge in [0.15, 0.2) is 0 Å². The van der Waals surface area contributed by atoms with Gasteiger partial charge in [0.05, 0.1) is 24.9 Å². The van der Waals surface area contributed by atoms with Gasteiger partial charge in [0.1, 0.15) is 6.10 Å². The lowest BCUT2D eigenvalue weighted by molar-refractivity contribution is 0.0190. The molecule has 0 aromatic carbocycles. The quantitative estimate of drug-likeness (QED) is 0.466. The van der Waals surface area contributed by atoms with Crippen molar-refractivity contribution in [1.29, 1.82) is 0 Å². The van der Waals surface area contributed by atoms with Crippen molar-refractivity contribution in [2.45, 2.75) is 38.0 Å². The first kappa shape index (κ1) is 15.1. The van der Waals surface area contributed by atoms with Gasteiger partial charge in [0.25, 0.3) is 0 Å². The summed E-state index contributed by atoms with van der Waals surface area (Å²) in [5.74, 6) is 0. The molecule has 0 aromatic rings. The Bertz CT molecular complexity index is 210. The molecule has 6 heteroatoms. The SMILES string of the molecule is CCC(C(C)OCC1CO1)[Si](OC)(OC)OC. The van der Waals surface area contributed by atoms with Crippen LogP contribution in [-0.4, -0.2) is 55.6 Å². The van der Waals surface area contributed by atoms with Gasteiger partial charge in [-0.25, -0.2) is 0 Å². The van der Waals surface area contributed by atoms with Gasteiger partial charge in [0.2, 0.25) is 0 Å². The third-order valence-electron chi connectivity index (χ3n) is 3.26. The molecular weight excluding hydrogens is 240 g/mol. The van der Waals surface area contributed by atoms with Gasteiger partial charge in [-0.05, 0) is 13.3 Å². The molecule has 3 unspecified atom stereocenters. The fourth-order valence-electron chi connectivity index (χ4n) is 2.11. The standard InChI is InChI=1S/C11H24O5Si/c1-6-11(17(12-3,13-4)14-5)9(2)15-7-10-8-16-10/h9-11H,6-8H2,1-5H3. The molecule has 102 valence electrons. The van der Waals surface area contributed by atoms with Crippen LogP contribution in [0.1, 0.15) is 20.3 Å². The summed E-state index contributed by atoms with van der Waals surface area (Å²) in [4.78, 5) is 0. The highest BCUT2D eigenvalue weighted by Crippen LogP contribution is 2.32. The van der Waals surface area contributed by atoms with Crippen LogP contribution in [0, 0.1) is 0 Å².